The number of hydrogen-bond donors (Lipinski definition) is 3. The van der Waals surface area contributed by atoms with Crippen LogP contribution < -0.4 is 10.6 Å². The fraction of sp³-hybridized carbons (Fsp3) is 0.273. The molecule has 1 atom stereocenters. The average Bonchev–Trinajstić information content (AvgIpc) is 2.35. The first-order chi connectivity index (χ1) is 9.35. The van der Waals surface area contributed by atoms with Crippen LogP contribution in [0.25, 0.3) is 0 Å². The maximum absolute atomic E-state index is 11.7. The van der Waals surface area contributed by atoms with Crippen molar-refractivity contribution in [1.29, 1.82) is 0 Å². The monoisotopic (exact) mass is 340 g/mol. The van der Waals surface area contributed by atoms with Crippen LogP contribution in [0.15, 0.2) is 12.1 Å². The standard InChI is InChI=1S/C11H11Cl3N2O4/c1-20-4-9(10(17)18)16-11(19)15-8-3-6(13)5(12)2-7(8)14/h2-3,9H,4H2,1H3,(H,17,18)(H2,15,16,19). The van der Waals surface area contributed by atoms with Crippen LogP contribution in [0.3, 0.4) is 0 Å². The van der Waals surface area contributed by atoms with E-state index < -0.39 is 18.0 Å². The van der Waals surface area contributed by atoms with Gasteiger partial charge in [0, 0.05) is 7.11 Å². The highest BCUT2D eigenvalue weighted by Gasteiger charge is 2.20. The van der Waals surface area contributed by atoms with Crippen LogP contribution in [0.5, 0.6) is 0 Å². The summed E-state index contributed by atoms with van der Waals surface area (Å²) in [6.45, 7) is -0.169. The Kier molecular flexibility index (Phi) is 6.35. The van der Waals surface area contributed by atoms with Gasteiger partial charge < -0.3 is 20.5 Å². The molecule has 0 spiro atoms. The van der Waals surface area contributed by atoms with Crippen LogP contribution in [0, 0.1) is 0 Å². The van der Waals surface area contributed by atoms with Gasteiger partial charge in [-0.1, -0.05) is 34.8 Å². The van der Waals surface area contributed by atoms with Crippen molar-refractivity contribution >= 4 is 52.5 Å². The molecule has 20 heavy (non-hydrogen) atoms. The molecule has 3 N–H and O–H groups in total. The molecule has 0 heterocycles. The number of carbonyl (C=O) groups is 2. The Balaban J connectivity index is 2.75. The number of ether oxygens (including phenoxy) is 1. The highest BCUT2D eigenvalue weighted by Crippen LogP contribution is 2.32. The average molecular weight is 342 g/mol. The molecular formula is C11H11Cl3N2O4. The number of hydrogen-bond acceptors (Lipinski definition) is 3. The summed E-state index contributed by atoms with van der Waals surface area (Å²) >= 11 is 17.4. The Morgan fingerprint density at radius 1 is 1.25 bits per heavy atom. The Morgan fingerprint density at radius 3 is 2.40 bits per heavy atom. The molecule has 0 saturated heterocycles. The number of rotatable bonds is 5. The first kappa shape index (κ1) is 16.8. The molecule has 1 aromatic carbocycles. The predicted molar refractivity (Wildman–Crippen MR) is 76.9 cm³/mol. The van der Waals surface area contributed by atoms with Gasteiger partial charge in [0.05, 0.1) is 27.4 Å². The SMILES string of the molecule is COCC(NC(=O)Nc1cc(Cl)c(Cl)cc1Cl)C(=O)O. The topological polar surface area (TPSA) is 87.7 Å². The van der Waals surface area contributed by atoms with Gasteiger partial charge in [-0.2, -0.15) is 0 Å². The van der Waals surface area contributed by atoms with Crippen molar-refractivity contribution < 1.29 is 19.4 Å². The van der Waals surface area contributed by atoms with Crippen LogP contribution in [-0.4, -0.2) is 36.9 Å². The molecule has 1 rings (SSSR count). The summed E-state index contributed by atoms with van der Waals surface area (Å²) in [5, 5.41) is 14.1. The molecule has 0 aliphatic heterocycles. The second-order valence-corrected chi connectivity index (χ2v) is 4.91. The van der Waals surface area contributed by atoms with Crippen molar-refractivity contribution in [3.8, 4) is 0 Å². The van der Waals surface area contributed by atoms with E-state index in [-0.39, 0.29) is 27.4 Å². The van der Waals surface area contributed by atoms with Gasteiger partial charge in [-0.15, -0.1) is 0 Å². The number of urea groups is 1. The van der Waals surface area contributed by atoms with Crippen LogP contribution in [0.1, 0.15) is 0 Å². The van der Waals surface area contributed by atoms with E-state index in [1.165, 1.54) is 19.2 Å². The van der Waals surface area contributed by atoms with Crippen molar-refractivity contribution in [2.24, 2.45) is 0 Å². The molecular weight excluding hydrogens is 330 g/mol. The molecule has 2 amide bonds. The van der Waals surface area contributed by atoms with Gasteiger partial charge in [-0.25, -0.2) is 9.59 Å². The van der Waals surface area contributed by atoms with Gasteiger partial charge in [0.15, 0.2) is 6.04 Å². The van der Waals surface area contributed by atoms with Crippen LogP contribution in [0.4, 0.5) is 10.5 Å². The van der Waals surface area contributed by atoms with Crippen LogP contribution in [0.2, 0.25) is 15.1 Å². The number of benzene rings is 1. The minimum absolute atomic E-state index is 0.169. The molecule has 0 bridgehead atoms. The minimum atomic E-state index is -1.22. The second kappa shape index (κ2) is 7.54. The lowest BCUT2D eigenvalue weighted by Crippen LogP contribution is -2.45. The molecule has 0 fully saturated rings. The zero-order valence-electron chi connectivity index (χ0n) is 10.2. The predicted octanol–water partition coefficient (Wildman–Crippen LogP) is 2.87. The Hall–Kier alpha value is -1.21. The normalized spacial score (nSPS) is 11.8. The largest absolute Gasteiger partial charge is 0.480 e. The molecule has 0 aliphatic rings. The number of carbonyl (C=O) groups excluding carboxylic acids is 1. The Labute approximate surface area is 129 Å². The van der Waals surface area contributed by atoms with E-state index in [9.17, 15) is 9.59 Å². The molecule has 9 heteroatoms. The third kappa shape index (κ3) is 4.72. The molecule has 1 aromatic rings. The number of carboxylic acids is 1. The summed E-state index contributed by atoms with van der Waals surface area (Å²) in [5.41, 5.74) is 0.208. The molecule has 0 saturated carbocycles. The van der Waals surface area contributed by atoms with Gasteiger partial charge in [0.2, 0.25) is 0 Å². The summed E-state index contributed by atoms with van der Waals surface area (Å²) in [5.74, 6) is -1.22. The maximum Gasteiger partial charge on any atom is 0.328 e. The van der Waals surface area contributed by atoms with Crippen molar-refractivity contribution in [2.45, 2.75) is 6.04 Å². The number of amides is 2. The van der Waals surface area contributed by atoms with E-state index in [1.807, 2.05) is 0 Å². The maximum atomic E-state index is 11.7. The first-order valence-corrected chi connectivity index (χ1v) is 6.42. The molecule has 0 radical (unpaired) electrons. The zero-order valence-corrected chi connectivity index (χ0v) is 12.5. The van der Waals surface area contributed by atoms with E-state index in [4.69, 9.17) is 39.9 Å². The van der Waals surface area contributed by atoms with E-state index >= 15 is 0 Å². The summed E-state index contributed by atoms with van der Waals surface area (Å²) < 4.78 is 4.69. The number of aliphatic carboxylic acids is 1. The number of methoxy groups -OCH3 is 1. The highest BCUT2D eigenvalue weighted by atomic mass is 35.5. The van der Waals surface area contributed by atoms with Crippen molar-refractivity contribution in [3.63, 3.8) is 0 Å². The quantitative estimate of drug-likeness (QED) is 0.719. The van der Waals surface area contributed by atoms with E-state index in [0.717, 1.165) is 0 Å². The van der Waals surface area contributed by atoms with E-state index in [1.54, 1.807) is 0 Å². The summed E-state index contributed by atoms with van der Waals surface area (Å²) in [6.07, 6.45) is 0. The minimum Gasteiger partial charge on any atom is -0.480 e. The number of anilines is 1. The van der Waals surface area contributed by atoms with E-state index in [2.05, 4.69) is 15.4 Å². The van der Waals surface area contributed by atoms with Gasteiger partial charge in [0.25, 0.3) is 0 Å². The molecule has 0 aromatic heterocycles. The summed E-state index contributed by atoms with van der Waals surface area (Å²) in [6, 6.07) is 0.791. The molecule has 6 nitrogen and oxygen atoms in total. The number of carboxylic acid groups (broad SMARTS) is 1. The Bertz CT molecular complexity index is 525. The van der Waals surface area contributed by atoms with Gasteiger partial charge >= 0.3 is 12.0 Å². The number of nitrogens with one attached hydrogen (secondary N) is 2. The van der Waals surface area contributed by atoms with E-state index in [0.29, 0.717) is 0 Å². The van der Waals surface area contributed by atoms with Gasteiger partial charge in [0.1, 0.15) is 0 Å². The third-order valence-corrected chi connectivity index (χ3v) is 3.23. The molecule has 0 aliphatic carbocycles. The first-order valence-electron chi connectivity index (χ1n) is 5.29. The van der Waals surface area contributed by atoms with Crippen molar-refractivity contribution in [2.75, 3.05) is 19.0 Å². The summed E-state index contributed by atoms with van der Waals surface area (Å²) in [4.78, 5) is 22.5. The lowest BCUT2D eigenvalue weighted by atomic mass is 10.3. The fourth-order valence-corrected chi connectivity index (χ4v) is 1.87. The van der Waals surface area contributed by atoms with Crippen molar-refractivity contribution in [3.05, 3.63) is 27.2 Å². The lowest BCUT2D eigenvalue weighted by Gasteiger charge is -2.15. The van der Waals surface area contributed by atoms with Crippen LogP contribution in [-0.2, 0) is 9.53 Å². The third-order valence-electron chi connectivity index (χ3n) is 2.19. The smallest absolute Gasteiger partial charge is 0.328 e. The van der Waals surface area contributed by atoms with Crippen LogP contribution >= 0.6 is 34.8 Å². The number of halogens is 3. The molecule has 110 valence electrons. The lowest BCUT2D eigenvalue weighted by molar-refractivity contribution is -0.140. The Morgan fingerprint density at radius 2 is 1.85 bits per heavy atom. The zero-order chi connectivity index (χ0) is 15.3. The summed E-state index contributed by atoms with van der Waals surface area (Å²) in [7, 11) is 1.32. The van der Waals surface area contributed by atoms with Crippen molar-refractivity contribution in [1.82, 2.24) is 5.32 Å². The molecule has 1 unspecified atom stereocenters. The van der Waals surface area contributed by atoms with Gasteiger partial charge in [-0.3, -0.25) is 0 Å². The highest BCUT2D eigenvalue weighted by molar-refractivity contribution is 6.44. The van der Waals surface area contributed by atoms with Gasteiger partial charge in [-0.05, 0) is 12.1 Å². The second-order valence-electron chi connectivity index (χ2n) is 3.69. The fourth-order valence-electron chi connectivity index (χ4n) is 1.28.